The van der Waals surface area contributed by atoms with Crippen molar-refractivity contribution < 1.29 is 8.42 Å². The van der Waals surface area contributed by atoms with E-state index in [1.165, 1.54) is 19.5 Å². The fraction of sp³-hybridized carbons (Fsp3) is 0.600. The minimum atomic E-state index is -3.44. The van der Waals surface area contributed by atoms with Crippen LogP contribution in [0.5, 0.6) is 0 Å². The first-order valence-electron chi connectivity index (χ1n) is 7.43. The molecule has 1 fully saturated rings. The third kappa shape index (κ3) is 3.68. The molecule has 118 valence electrons. The molecule has 0 radical (unpaired) electrons. The minimum absolute atomic E-state index is 0.235. The van der Waals surface area contributed by atoms with Gasteiger partial charge in [0, 0.05) is 6.04 Å². The Bertz CT molecular complexity index is 601. The summed E-state index contributed by atoms with van der Waals surface area (Å²) in [6.45, 7) is 4.55. The number of nitrogen functional groups attached to an aromatic ring is 1. The van der Waals surface area contributed by atoms with Crippen molar-refractivity contribution in [3.05, 3.63) is 18.2 Å². The molecule has 1 aliphatic carbocycles. The van der Waals surface area contributed by atoms with Crippen LogP contribution in [0.25, 0.3) is 0 Å². The van der Waals surface area contributed by atoms with Crippen LogP contribution in [0, 0.1) is 11.8 Å². The summed E-state index contributed by atoms with van der Waals surface area (Å²) in [5, 5.41) is 3.42. The van der Waals surface area contributed by atoms with Crippen molar-refractivity contribution in [1.29, 1.82) is 0 Å². The summed E-state index contributed by atoms with van der Waals surface area (Å²) in [7, 11) is -2.04. The quantitative estimate of drug-likeness (QED) is 0.746. The molecular formula is C15H25N3O2S. The van der Waals surface area contributed by atoms with Gasteiger partial charge in [0.25, 0.3) is 0 Å². The van der Waals surface area contributed by atoms with E-state index in [2.05, 4.69) is 23.9 Å². The Hall–Kier alpha value is -1.27. The fourth-order valence-corrected chi connectivity index (χ4v) is 3.60. The summed E-state index contributed by atoms with van der Waals surface area (Å²) in [5.74, 6) is 1.41. The number of benzene rings is 1. The highest BCUT2D eigenvalue weighted by Gasteiger charge is 2.25. The van der Waals surface area contributed by atoms with Crippen molar-refractivity contribution in [3.63, 3.8) is 0 Å². The van der Waals surface area contributed by atoms with Crippen molar-refractivity contribution in [2.75, 3.05) is 18.1 Å². The molecule has 1 aromatic carbocycles. The molecule has 0 saturated heterocycles. The summed E-state index contributed by atoms with van der Waals surface area (Å²) in [4.78, 5) is 0.235. The van der Waals surface area contributed by atoms with Gasteiger partial charge in [-0.25, -0.2) is 13.1 Å². The number of nitrogens with two attached hydrogens (primary N) is 1. The van der Waals surface area contributed by atoms with Crippen LogP contribution in [0.2, 0.25) is 0 Å². The minimum Gasteiger partial charge on any atom is -0.397 e. The van der Waals surface area contributed by atoms with Gasteiger partial charge in [-0.2, -0.15) is 0 Å². The molecule has 3 atom stereocenters. The molecule has 0 heterocycles. The van der Waals surface area contributed by atoms with Crippen LogP contribution in [0.15, 0.2) is 23.1 Å². The molecule has 3 unspecified atom stereocenters. The predicted octanol–water partition coefficient (Wildman–Crippen LogP) is 2.41. The lowest BCUT2D eigenvalue weighted by Gasteiger charge is -2.33. The topological polar surface area (TPSA) is 84.2 Å². The second-order valence-corrected chi connectivity index (χ2v) is 7.95. The third-order valence-electron chi connectivity index (χ3n) is 4.56. The molecule has 5 nitrogen and oxygen atoms in total. The van der Waals surface area contributed by atoms with Crippen LogP contribution < -0.4 is 15.8 Å². The molecule has 4 N–H and O–H groups in total. The van der Waals surface area contributed by atoms with Gasteiger partial charge in [0.15, 0.2) is 0 Å². The Morgan fingerprint density at radius 3 is 2.52 bits per heavy atom. The normalized spacial score (nSPS) is 26.5. The van der Waals surface area contributed by atoms with E-state index < -0.39 is 10.0 Å². The first kappa shape index (κ1) is 16.1. The average Bonchev–Trinajstić information content (AvgIpc) is 2.45. The van der Waals surface area contributed by atoms with E-state index in [-0.39, 0.29) is 4.90 Å². The largest absolute Gasteiger partial charge is 0.397 e. The maximum Gasteiger partial charge on any atom is 0.240 e. The van der Waals surface area contributed by atoms with Gasteiger partial charge in [-0.3, -0.25) is 0 Å². The Labute approximate surface area is 127 Å². The van der Waals surface area contributed by atoms with Crippen LogP contribution in [0.3, 0.4) is 0 Å². The summed E-state index contributed by atoms with van der Waals surface area (Å²) < 4.78 is 26.1. The van der Waals surface area contributed by atoms with E-state index in [0.29, 0.717) is 23.3 Å². The second-order valence-electron chi connectivity index (χ2n) is 6.07. The molecule has 1 aromatic rings. The average molecular weight is 311 g/mol. The van der Waals surface area contributed by atoms with Crippen molar-refractivity contribution in [3.8, 4) is 0 Å². The summed E-state index contributed by atoms with van der Waals surface area (Å²) in [6, 6.07) is 5.13. The summed E-state index contributed by atoms with van der Waals surface area (Å²) >= 11 is 0. The Kier molecular flexibility index (Phi) is 4.78. The van der Waals surface area contributed by atoms with Gasteiger partial charge < -0.3 is 11.1 Å². The van der Waals surface area contributed by atoms with E-state index in [0.717, 1.165) is 18.8 Å². The van der Waals surface area contributed by atoms with E-state index >= 15 is 0 Å². The SMILES string of the molecule is CNS(=O)(=O)c1ccc(N)c(NC2CCC(C)C(C)C2)c1. The highest BCUT2D eigenvalue weighted by molar-refractivity contribution is 7.89. The first-order chi connectivity index (χ1) is 9.83. The van der Waals surface area contributed by atoms with E-state index in [1.54, 1.807) is 12.1 Å². The molecule has 0 aliphatic heterocycles. The zero-order valence-corrected chi connectivity index (χ0v) is 13.7. The first-order valence-corrected chi connectivity index (χ1v) is 8.91. The van der Waals surface area contributed by atoms with Gasteiger partial charge in [0.1, 0.15) is 0 Å². The van der Waals surface area contributed by atoms with Gasteiger partial charge in [0.05, 0.1) is 16.3 Å². The molecular weight excluding hydrogens is 286 g/mol. The van der Waals surface area contributed by atoms with Crippen LogP contribution in [0.4, 0.5) is 11.4 Å². The zero-order chi connectivity index (χ0) is 15.6. The lowest BCUT2D eigenvalue weighted by atomic mass is 9.79. The van der Waals surface area contributed by atoms with Gasteiger partial charge >= 0.3 is 0 Å². The third-order valence-corrected chi connectivity index (χ3v) is 5.97. The van der Waals surface area contributed by atoms with Crippen LogP contribution in [0.1, 0.15) is 33.1 Å². The molecule has 6 heteroatoms. The maximum atomic E-state index is 11.9. The Morgan fingerprint density at radius 2 is 1.90 bits per heavy atom. The van der Waals surface area contributed by atoms with E-state index in [1.807, 2.05) is 0 Å². The zero-order valence-electron chi connectivity index (χ0n) is 12.9. The van der Waals surface area contributed by atoms with Crippen molar-refractivity contribution >= 4 is 21.4 Å². The molecule has 21 heavy (non-hydrogen) atoms. The number of hydrogen-bond donors (Lipinski definition) is 3. The number of sulfonamides is 1. The molecule has 1 aliphatic rings. The molecule has 0 spiro atoms. The molecule has 0 bridgehead atoms. The fourth-order valence-electron chi connectivity index (χ4n) is 2.84. The lowest BCUT2D eigenvalue weighted by Crippen LogP contribution is -2.30. The van der Waals surface area contributed by atoms with E-state index in [4.69, 9.17) is 5.73 Å². The monoisotopic (exact) mass is 311 g/mol. The van der Waals surface area contributed by atoms with Crippen LogP contribution >= 0.6 is 0 Å². The highest BCUT2D eigenvalue weighted by atomic mass is 32.2. The van der Waals surface area contributed by atoms with Gasteiger partial charge in [-0.05, 0) is 56.3 Å². The maximum absolute atomic E-state index is 11.9. The van der Waals surface area contributed by atoms with Crippen LogP contribution in [-0.2, 0) is 10.0 Å². The molecule has 1 saturated carbocycles. The number of hydrogen-bond acceptors (Lipinski definition) is 4. The Balaban J connectivity index is 2.18. The second kappa shape index (κ2) is 6.23. The number of nitrogens with one attached hydrogen (secondary N) is 2. The van der Waals surface area contributed by atoms with Crippen molar-refractivity contribution in [2.45, 2.75) is 44.0 Å². The van der Waals surface area contributed by atoms with Crippen LogP contribution in [-0.4, -0.2) is 21.5 Å². The summed E-state index contributed by atoms with van der Waals surface area (Å²) in [5.41, 5.74) is 7.26. The van der Waals surface area contributed by atoms with Gasteiger partial charge in [-0.1, -0.05) is 13.8 Å². The van der Waals surface area contributed by atoms with E-state index in [9.17, 15) is 8.42 Å². The molecule has 2 rings (SSSR count). The standard InChI is InChI=1S/C15H25N3O2S/c1-10-4-5-12(8-11(10)2)18-15-9-13(6-7-14(15)16)21(19,20)17-3/h6-7,9-12,17-18H,4-5,8,16H2,1-3H3. The Morgan fingerprint density at radius 1 is 1.19 bits per heavy atom. The molecule has 0 amide bonds. The molecule has 0 aromatic heterocycles. The smallest absolute Gasteiger partial charge is 0.240 e. The van der Waals surface area contributed by atoms with Crippen molar-refractivity contribution in [2.24, 2.45) is 11.8 Å². The predicted molar refractivity (Wildman–Crippen MR) is 86.7 cm³/mol. The highest BCUT2D eigenvalue weighted by Crippen LogP contribution is 2.32. The number of rotatable bonds is 4. The van der Waals surface area contributed by atoms with Gasteiger partial charge in [0.2, 0.25) is 10.0 Å². The van der Waals surface area contributed by atoms with Crippen molar-refractivity contribution in [1.82, 2.24) is 4.72 Å². The summed E-state index contributed by atoms with van der Waals surface area (Å²) in [6.07, 6.45) is 3.37. The lowest BCUT2D eigenvalue weighted by molar-refractivity contribution is 0.261. The number of anilines is 2. The van der Waals surface area contributed by atoms with Gasteiger partial charge in [-0.15, -0.1) is 0 Å².